The number of pyridine rings is 1. The number of aryl methyl sites for hydroxylation is 1. The average molecular weight is 356 g/mol. The van der Waals surface area contributed by atoms with Crippen LogP contribution in [0.25, 0.3) is 0 Å². The number of hydrogen-bond acceptors (Lipinski definition) is 5. The fourth-order valence-corrected chi connectivity index (χ4v) is 4.18. The normalized spacial score (nSPS) is 22.0. The largest absolute Gasteiger partial charge is 0.377 e. The number of likely N-dealkylation sites (tertiary alicyclic amines) is 1. The van der Waals surface area contributed by atoms with Crippen LogP contribution >= 0.6 is 0 Å². The van der Waals surface area contributed by atoms with Crippen LogP contribution in [0.4, 0.5) is 0 Å². The first-order valence-corrected chi connectivity index (χ1v) is 9.62. The fraction of sp³-hybridized carbons (Fsp3) is 0.600. The van der Waals surface area contributed by atoms with Crippen molar-refractivity contribution in [3.8, 4) is 0 Å². The number of rotatable bonds is 8. The lowest BCUT2D eigenvalue weighted by atomic mass is 9.79. The van der Waals surface area contributed by atoms with Crippen molar-refractivity contribution in [1.29, 1.82) is 0 Å². The average Bonchev–Trinajstić information content (AvgIpc) is 3.26. The van der Waals surface area contributed by atoms with Gasteiger partial charge in [-0.05, 0) is 43.4 Å². The maximum absolute atomic E-state index is 6.17. The second-order valence-corrected chi connectivity index (χ2v) is 7.44. The molecule has 0 amide bonds. The molecule has 1 unspecified atom stereocenters. The van der Waals surface area contributed by atoms with Crippen LogP contribution in [-0.4, -0.2) is 51.6 Å². The van der Waals surface area contributed by atoms with Gasteiger partial charge < -0.3 is 9.47 Å². The summed E-state index contributed by atoms with van der Waals surface area (Å²) in [7, 11) is 0. The zero-order valence-corrected chi connectivity index (χ0v) is 15.5. The highest BCUT2D eigenvalue weighted by Crippen LogP contribution is 2.42. The van der Waals surface area contributed by atoms with E-state index in [1.807, 2.05) is 35.4 Å². The van der Waals surface area contributed by atoms with E-state index in [1.165, 1.54) is 11.1 Å². The summed E-state index contributed by atoms with van der Waals surface area (Å²) in [5, 5.41) is 4.36. The molecule has 4 heterocycles. The molecular formula is C20H28N4O2. The maximum atomic E-state index is 6.17. The quantitative estimate of drug-likeness (QED) is 0.680. The SMILES string of the molecule is CCn1cc(CN2CC3(C2)OCCC3CCOCc2ccncc2)cn1. The monoisotopic (exact) mass is 356 g/mol. The van der Waals surface area contributed by atoms with Crippen LogP contribution in [-0.2, 0) is 29.2 Å². The number of nitrogens with zero attached hydrogens (tertiary/aromatic N) is 4. The summed E-state index contributed by atoms with van der Waals surface area (Å²) in [6.45, 7) is 8.40. The van der Waals surface area contributed by atoms with Crippen molar-refractivity contribution in [1.82, 2.24) is 19.7 Å². The molecule has 2 aliphatic heterocycles. The molecule has 0 aromatic carbocycles. The van der Waals surface area contributed by atoms with Gasteiger partial charge in [-0.15, -0.1) is 0 Å². The molecule has 1 spiro atoms. The lowest BCUT2D eigenvalue weighted by molar-refractivity contribution is -0.139. The van der Waals surface area contributed by atoms with Crippen LogP contribution in [0.15, 0.2) is 36.9 Å². The van der Waals surface area contributed by atoms with Crippen LogP contribution in [0, 0.1) is 5.92 Å². The zero-order chi connectivity index (χ0) is 17.8. The van der Waals surface area contributed by atoms with Gasteiger partial charge in [-0.3, -0.25) is 14.6 Å². The molecule has 1 atom stereocenters. The fourth-order valence-electron chi connectivity index (χ4n) is 4.18. The molecule has 2 aliphatic rings. The molecule has 0 N–H and O–H groups in total. The van der Waals surface area contributed by atoms with Gasteiger partial charge in [-0.1, -0.05) is 0 Å². The van der Waals surface area contributed by atoms with Gasteiger partial charge in [0, 0.05) is 63.5 Å². The summed E-state index contributed by atoms with van der Waals surface area (Å²) in [4.78, 5) is 6.50. The Morgan fingerprint density at radius 1 is 1.27 bits per heavy atom. The molecule has 2 aromatic rings. The van der Waals surface area contributed by atoms with Gasteiger partial charge in [-0.2, -0.15) is 5.10 Å². The van der Waals surface area contributed by atoms with Gasteiger partial charge in [0.1, 0.15) is 0 Å². The predicted molar refractivity (Wildman–Crippen MR) is 98.5 cm³/mol. The highest BCUT2D eigenvalue weighted by molar-refractivity contribution is 5.10. The minimum absolute atomic E-state index is 0.0563. The van der Waals surface area contributed by atoms with Gasteiger partial charge in [0.25, 0.3) is 0 Å². The van der Waals surface area contributed by atoms with E-state index in [9.17, 15) is 0 Å². The van der Waals surface area contributed by atoms with E-state index in [4.69, 9.17) is 9.47 Å². The smallest absolute Gasteiger partial charge is 0.0964 e. The second-order valence-electron chi connectivity index (χ2n) is 7.44. The molecule has 2 fully saturated rings. The number of ether oxygens (including phenoxy) is 2. The third kappa shape index (κ3) is 3.82. The minimum atomic E-state index is 0.0563. The van der Waals surface area contributed by atoms with E-state index in [0.717, 1.165) is 52.2 Å². The highest BCUT2D eigenvalue weighted by atomic mass is 16.5. The van der Waals surface area contributed by atoms with E-state index in [0.29, 0.717) is 12.5 Å². The Kier molecular flexibility index (Phi) is 5.33. The summed E-state index contributed by atoms with van der Waals surface area (Å²) in [5.74, 6) is 0.606. The Morgan fingerprint density at radius 2 is 2.12 bits per heavy atom. The zero-order valence-electron chi connectivity index (χ0n) is 15.5. The van der Waals surface area contributed by atoms with E-state index in [-0.39, 0.29) is 5.60 Å². The lowest BCUT2D eigenvalue weighted by Gasteiger charge is -2.50. The molecule has 2 aromatic heterocycles. The van der Waals surface area contributed by atoms with Gasteiger partial charge in [-0.25, -0.2) is 0 Å². The topological polar surface area (TPSA) is 52.4 Å². The van der Waals surface area contributed by atoms with E-state index in [2.05, 4.69) is 28.1 Å². The van der Waals surface area contributed by atoms with Gasteiger partial charge >= 0.3 is 0 Å². The predicted octanol–water partition coefficient (Wildman–Crippen LogP) is 2.50. The molecule has 26 heavy (non-hydrogen) atoms. The van der Waals surface area contributed by atoms with Crippen LogP contribution in [0.2, 0.25) is 0 Å². The minimum Gasteiger partial charge on any atom is -0.377 e. The summed E-state index contributed by atoms with van der Waals surface area (Å²) in [5.41, 5.74) is 2.53. The van der Waals surface area contributed by atoms with Crippen molar-refractivity contribution >= 4 is 0 Å². The van der Waals surface area contributed by atoms with E-state index in [1.54, 1.807) is 0 Å². The van der Waals surface area contributed by atoms with E-state index < -0.39 is 0 Å². The second kappa shape index (κ2) is 7.86. The third-order valence-electron chi connectivity index (χ3n) is 5.63. The first-order chi connectivity index (χ1) is 12.8. The summed E-state index contributed by atoms with van der Waals surface area (Å²) < 4.78 is 14.0. The molecule has 4 rings (SSSR count). The summed E-state index contributed by atoms with van der Waals surface area (Å²) in [6, 6.07) is 4.01. The summed E-state index contributed by atoms with van der Waals surface area (Å²) in [6.07, 6.45) is 9.98. The van der Waals surface area contributed by atoms with Gasteiger partial charge in [0.2, 0.25) is 0 Å². The molecule has 2 saturated heterocycles. The Labute approximate surface area is 155 Å². The molecule has 0 radical (unpaired) electrons. The van der Waals surface area contributed by atoms with Gasteiger partial charge in [0.15, 0.2) is 0 Å². The van der Waals surface area contributed by atoms with Crippen LogP contribution < -0.4 is 0 Å². The van der Waals surface area contributed by atoms with Crippen molar-refractivity contribution in [2.45, 2.75) is 45.1 Å². The molecule has 0 aliphatic carbocycles. The first-order valence-electron chi connectivity index (χ1n) is 9.62. The van der Waals surface area contributed by atoms with Crippen molar-refractivity contribution in [2.24, 2.45) is 5.92 Å². The molecule has 140 valence electrons. The van der Waals surface area contributed by atoms with Crippen molar-refractivity contribution in [3.05, 3.63) is 48.0 Å². The van der Waals surface area contributed by atoms with Crippen molar-refractivity contribution in [3.63, 3.8) is 0 Å². The van der Waals surface area contributed by atoms with Crippen molar-refractivity contribution < 1.29 is 9.47 Å². The Balaban J connectivity index is 1.21. The molecular weight excluding hydrogens is 328 g/mol. The van der Waals surface area contributed by atoms with Crippen LogP contribution in [0.1, 0.15) is 30.9 Å². The standard InChI is InChI=1S/C20H28N4O2/c1-2-24-13-18(11-22-24)12-23-15-20(16-23)19(6-10-26-20)5-9-25-14-17-3-7-21-8-4-17/h3-4,7-8,11,13,19H,2,5-6,9-10,12,14-16H2,1H3. The first kappa shape index (κ1) is 17.6. The summed E-state index contributed by atoms with van der Waals surface area (Å²) >= 11 is 0. The molecule has 0 bridgehead atoms. The maximum Gasteiger partial charge on any atom is 0.0964 e. The highest BCUT2D eigenvalue weighted by Gasteiger charge is 2.52. The third-order valence-corrected chi connectivity index (χ3v) is 5.63. The number of aromatic nitrogens is 3. The molecule has 6 heteroatoms. The molecule has 0 saturated carbocycles. The Bertz CT molecular complexity index is 697. The van der Waals surface area contributed by atoms with Crippen molar-refractivity contribution in [2.75, 3.05) is 26.3 Å². The lowest BCUT2D eigenvalue weighted by Crippen LogP contribution is -2.64. The van der Waals surface area contributed by atoms with Crippen LogP contribution in [0.3, 0.4) is 0 Å². The molecule has 6 nitrogen and oxygen atoms in total. The number of hydrogen-bond donors (Lipinski definition) is 0. The Hall–Kier alpha value is -1.76. The van der Waals surface area contributed by atoms with Gasteiger partial charge in [0.05, 0.1) is 18.4 Å². The Morgan fingerprint density at radius 3 is 2.88 bits per heavy atom. The van der Waals surface area contributed by atoms with Crippen LogP contribution in [0.5, 0.6) is 0 Å². The van der Waals surface area contributed by atoms with E-state index >= 15 is 0 Å².